The minimum Gasteiger partial charge on any atom is -0.508 e. The molecule has 1 heterocycles. The summed E-state index contributed by atoms with van der Waals surface area (Å²) >= 11 is 0. The maximum atomic E-state index is 15.1. The Morgan fingerprint density at radius 3 is 2.36 bits per heavy atom. The zero-order valence-electron chi connectivity index (χ0n) is 22.9. The molecule has 10 heteroatoms. The van der Waals surface area contributed by atoms with Crippen molar-refractivity contribution in [2.45, 2.75) is 71.6 Å². The first-order valence-electron chi connectivity index (χ1n) is 13.0. The Bertz CT molecular complexity index is 1220. The van der Waals surface area contributed by atoms with E-state index in [1.807, 2.05) is 6.92 Å². The average Bonchev–Trinajstić information content (AvgIpc) is 3.08. The van der Waals surface area contributed by atoms with Gasteiger partial charge in [0.15, 0.2) is 6.10 Å². The molecule has 8 nitrogen and oxygen atoms in total. The first-order chi connectivity index (χ1) is 18.2. The Balaban J connectivity index is 1.97. The highest BCUT2D eigenvalue weighted by molar-refractivity contribution is 5.98. The third-order valence-corrected chi connectivity index (χ3v) is 7.51. The number of rotatable bonds is 9. The Hall–Kier alpha value is -3.53. The van der Waals surface area contributed by atoms with E-state index in [9.17, 15) is 24.6 Å². The third-order valence-electron chi connectivity index (χ3n) is 7.51. The summed E-state index contributed by atoms with van der Waals surface area (Å²) in [6.45, 7) is 6.71. The number of amides is 3. The van der Waals surface area contributed by atoms with Crippen LogP contribution in [-0.2, 0) is 16.0 Å². The lowest BCUT2D eigenvalue weighted by atomic mass is 9.81. The van der Waals surface area contributed by atoms with E-state index in [1.54, 1.807) is 50.2 Å². The highest BCUT2D eigenvalue weighted by atomic mass is 19.3. The number of likely N-dealkylation sites (tertiary alicyclic amines) is 1. The quantitative estimate of drug-likeness (QED) is 0.386. The van der Waals surface area contributed by atoms with Gasteiger partial charge < -0.3 is 25.7 Å². The maximum Gasteiger partial charge on any atom is 0.272 e. The van der Waals surface area contributed by atoms with Crippen molar-refractivity contribution >= 4 is 17.7 Å². The zero-order chi connectivity index (χ0) is 29.1. The van der Waals surface area contributed by atoms with Crippen LogP contribution in [-0.4, -0.2) is 70.0 Å². The molecule has 0 bridgehead atoms. The number of aliphatic hydroxyl groups is 1. The molecule has 4 N–H and O–H groups in total. The summed E-state index contributed by atoms with van der Waals surface area (Å²) in [6, 6.07) is 9.07. The second kappa shape index (κ2) is 11.7. The second-order valence-corrected chi connectivity index (χ2v) is 10.7. The molecule has 1 aliphatic rings. The topological polar surface area (TPSA) is 119 Å². The molecule has 3 amide bonds. The minimum atomic E-state index is -3.40. The number of hydrogen-bond acceptors (Lipinski definition) is 5. The van der Waals surface area contributed by atoms with E-state index in [0.29, 0.717) is 23.1 Å². The van der Waals surface area contributed by atoms with Gasteiger partial charge in [-0.2, -0.15) is 0 Å². The fourth-order valence-electron chi connectivity index (χ4n) is 5.00. The molecule has 1 aliphatic heterocycles. The standard InChI is InChI=1S/C29H37F2N3O5/c1-6-14-32-26(38)24-28(4,5)29(30,31)16-34(24)27(39)23(36)20(15-19-10-8-7-9-11-19)33-25(37)22-17(2)12-13-21(35)18(22)3/h7-13,20,23-24,35-36H,6,14-16H2,1-5H3,(H,32,38)(H,33,37)/t20-,23-,24+/m0/s1. The van der Waals surface area contributed by atoms with Gasteiger partial charge in [0.05, 0.1) is 18.0 Å². The predicted molar refractivity (Wildman–Crippen MR) is 143 cm³/mol. The van der Waals surface area contributed by atoms with Crippen LogP contribution in [0.15, 0.2) is 42.5 Å². The highest BCUT2D eigenvalue weighted by Crippen LogP contribution is 2.48. The van der Waals surface area contributed by atoms with E-state index in [1.165, 1.54) is 19.9 Å². The van der Waals surface area contributed by atoms with Crippen molar-refractivity contribution in [3.05, 3.63) is 64.7 Å². The molecule has 39 heavy (non-hydrogen) atoms. The van der Waals surface area contributed by atoms with Crippen LogP contribution in [0, 0.1) is 19.3 Å². The number of benzene rings is 2. The van der Waals surface area contributed by atoms with Crippen LogP contribution >= 0.6 is 0 Å². The number of nitrogens with zero attached hydrogens (tertiary/aromatic N) is 1. The molecule has 3 rings (SSSR count). The van der Waals surface area contributed by atoms with E-state index in [2.05, 4.69) is 10.6 Å². The fraction of sp³-hybridized carbons (Fsp3) is 0.483. The van der Waals surface area contributed by atoms with E-state index in [4.69, 9.17) is 0 Å². The molecule has 1 saturated heterocycles. The van der Waals surface area contributed by atoms with Crippen molar-refractivity contribution in [3.8, 4) is 5.75 Å². The summed E-state index contributed by atoms with van der Waals surface area (Å²) in [7, 11) is 0. The molecule has 0 saturated carbocycles. The van der Waals surface area contributed by atoms with Crippen molar-refractivity contribution < 1.29 is 33.4 Å². The molecule has 2 aromatic carbocycles. The summed E-state index contributed by atoms with van der Waals surface area (Å²) in [6.07, 6.45) is -1.35. The second-order valence-electron chi connectivity index (χ2n) is 10.7. The van der Waals surface area contributed by atoms with Gasteiger partial charge in [0, 0.05) is 17.7 Å². The summed E-state index contributed by atoms with van der Waals surface area (Å²) in [5.41, 5.74) is -0.147. The number of phenols is 1. The number of alkyl halides is 2. The molecule has 1 fully saturated rings. The van der Waals surface area contributed by atoms with E-state index < -0.39 is 53.8 Å². The number of aliphatic hydroxyl groups excluding tert-OH is 1. The number of carbonyl (C=O) groups is 3. The summed E-state index contributed by atoms with van der Waals surface area (Å²) in [4.78, 5) is 40.6. The largest absolute Gasteiger partial charge is 0.508 e. The van der Waals surface area contributed by atoms with Crippen molar-refractivity contribution in [2.24, 2.45) is 5.41 Å². The first kappa shape index (κ1) is 30.0. The zero-order valence-corrected chi connectivity index (χ0v) is 22.9. The Kier molecular flexibility index (Phi) is 9.00. The van der Waals surface area contributed by atoms with Crippen LogP contribution in [0.3, 0.4) is 0 Å². The average molecular weight is 546 g/mol. The normalized spacial score (nSPS) is 19.3. The van der Waals surface area contributed by atoms with Gasteiger partial charge in [-0.25, -0.2) is 8.78 Å². The molecule has 0 radical (unpaired) electrons. The number of phenolic OH excluding ortho intramolecular Hbond substituents is 1. The van der Waals surface area contributed by atoms with Gasteiger partial charge in [-0.15, -0.1) is 0 Å². The van der Waals surface area contributed by atoms with Crippen LogP contribution in [0.5, 0.6) is 5.75 Å². The van der Waals surface area contributed by atoms with Crippen molar-refractivity contribution in [1.82, 2.24) is 15.5 Å². The maximum absolute atomic E-state index is 15.1. The van der Waals surface area contributed by atoms with Gasteiger partial charge in [-0.1, -0.05) is 57.2 Å². The molecular formula is C29H37F2N3O5. The van der Waals surface area contributed by atoms with Crippen LogP contribution < -0.4 is 10.6 Å². The van der Waals surface area contributed by atoms with Crippen LogP contribution in [0.2, 0.25) is 0 Å². The predicted octanol–water partition coefficient (Wildman–Crippen LogP) is 3.11. The molecule has 0 aromatic heterocycles. The molecule has 2 aromatic rings. The van der Waals surface area contributed by atoms with Crippen LogP contribution in [0.4, 0.5) is 8.78 Å². The summed E-state index contributed by atoms with van der Waals surface area (Å²) in [5, 5.41) is 26.7. The number of hydrogen-bond donors (Lipinski definition) is 4. The lowest BCUT2D eigenvalue weighted by molar-refractivity contribution is -0.148. The summed E-state index contributed by atoms with van der Waals surface area (Å²) < 4.78 is 30.2. The molecular weight excluding hydrogens is 508 g/mol. The number of carbonyl (C=O) groups excluding carboxylic acids is 3. The highest BCUT2D eigenvalue weighted by Gasteiger charge is 2.64. The van der Waals surface area contributed by atoms with E-state index in [0.717, 1.165) is 4.90 Å². The van der Waals surface area contributed by atoms with Gasteiger partial charge >= 0.3 is 0 Å². The molecule has 0 unspecified atom stereocenters. The Morgan fingerprint density at radius 1 is 1.10 bits per heavy atom. The van der Waals surface area contributed by atoms with Gasteiger partial charge in [0.1, 0.15) is 11.8 Å². The van der Waals surface area contributed by atoms with Crippen molar-refractivity contribution in [2.75, 3.05) is 13.1 Å². The monoisotopic (exact) mass is 545 g/mol. The molecule has 212 valence electrons. The van der Waals surface area contributed by atoms with E-state index in [-0.39, 0.29) is 24.3 Å². The lowest BCUT2D eigenvalue weighted by Crippen LogP contribution is -2.57. The van der Waals surface area contributed by atoms with Gasteiger partial charge in [0.25, 0.3) is 17.7 Å². The van der Waals surface area contributed by atoms with Gasteiger partial charge in [-0.05, 0) is 43.9 Å². The Morgan fingerprint density at radius 2 is 1.74 bits per heavy atom. The SMILES string of the molecule is CCCNC(=O)[C@H]1N(C(=O)[C@@H](O)[C@H](Cc2ccccc2)NC(=O)c2c(C)ccc(O)c2C)CC(F)(F)C1(C)C. The van der Waals surface area contributed by atoms with Gasteiger partial charge in [-0.3, -0.25) is 14.4 Å². The van der Waals surface area contributed by atoms with Gasteiger partial charge in [0.2, 0.25) is 5.91 Å². The molecule has 0 aliphatic carbocycles. The lowest BCUT2D eigenvalue weighted by Gasteiger charge is -2.34. The number of aryl methyl sites for hydroxylation is 1. The summed E-state index contributed by atoms with van der Waals surface area (Å²) in [5.74, 6) is -5.94. The number of nitrogens with one attached hydrogen (secondary N) is 2. The minimum absolute atomic E-state index is 0.0106. The molecule has 0 spiro atoms. The van der Waals surface area contributed by atoms with Crippen LogP contribution in [0.1, 0.15) is 54.2 Å². The van der Waals surface area contributed by atoms with Crippen molar-refractivity contribution in [1.29, 1.82) is 0 Å². The smallest absolute Gasteiger partial charge is 0.272 e. The third kappa shape index (κ3) is 6.06. The van der Waals surface area contributed by atoms with Crippen molar-refractivity contribution in [3.63, 3.8) is 0 Å². The molecule has 3 atom stereocenters. The number of halogens is 2. The van der Waals surface area contributed by atoms with E-state index >= 15 is 8.78 Å². The first-order valence-corrected chi connectivity index (χ1v) is 13.0. The fourth-order valence-corrected chi connectivity index (χ4v) is 5.00. The Labute approximate surface area is 227 Å². The number of aromatic hydroxyl groups is 1. The van der Waals surface area contributed by atoms with Crippen LogP contribution in [0.25, 0.3) is 0 Å².